The van der Waals surface area contributed by atoms with Crippen LogP contribution in [0.4, 0.5) is 0 Å². The summed E-state index contributed by atoms with van der Waals surface area (Å²) in [7, 11) is 0. The number of fused-ring (bicyclic) bond motifs is 5. The Hall–Kier alpha value is -0.650. The van der Waals surface area contributed by atoms with Crippen LogP contribution in [0.1, 0.15) is 133 Å². The normalized spacial score (nSPS) is 45.9. The van der Waals surface area contributed by atoms with Gasteiger partial charge in [0.25, 0.3) is 0 Å². The van der Waals surface area contributed by atoms with Crippen LogP contribution in [0.15, 0.2) is 0 Å². The molecule has 38 heavy (non-hydrogen) atoms. The predicted molar refractivity (Wildman–Crippen MR) is 151 cm³/mol. The van der Waals surface area contributed by atoms with E-state index in [1.54, 1.807) is 0 Å². The highest BCUT2D eigenvalue weighted by Crippen LogP contribution is 2.76. The van der Waals surface area contributed by atoms with E-state index in [2.05, 4.69) is 34.6 Å². The Morgan fingerprint density at radius 1 is 0.895 bits per heavy atom. The molecular weight excluding hydrogens is 476 g/mol. The highest BCUT2D eigenvalue weighted by Gasteiger charge is 2.72. The van der Waals surface area contributed by atoms with Gasteiger partial charge in [-0.3, -0.25) is 4.79 Å². The number of ether oxygens (including phenoxy) is 1. The Kier molecular flexibility index (Phi) is 7.76. The number of hydrogen-bond acceptors (Lipinski definition) is 5. The van der Waals surface area contributed by atoms with E-state index in [1.807, 2.05) is 27.7 Å². The van der Waals surface area contributed by atoms with Crippen molar-refractivity contribution in [3.63, 3.8) is 0 Å². The molecule has 0 radical (unpaired) electrons. The number of esters is 1. The summed E-state index contributed by atoms with van der Waals surface area (Å²) >= 11 is 0. The van der Waals surface area contributed by atoms with Crippen LogP contribution in [0, 0.1) is 45.3 Å². The third-order valence-corrected chi connectivity index (χ3v) is 13.2. The zero-order valence-electron chi connectivity index (χ0n) is 25.9. The Morgan fingerprint density at radius 2 is 1.53 bits per heavy atom. The lowest BCUT2D eigenvalue weighted by molar-refractivity contribution is -0.251. The van der Waals surface area contributed by atoms with Gasteiger partial charge in [0.05, 0.1) is 17.3 Å². The zero-order chi connectivity index (χ0) is 28.5. The Labute approximate surface area is 232 Å². The third-order valence-electron chi connectivity index (χ3n) is 13.2. The lowest BCUT2D eigenvalue weighted by Crippen LogP contribution is -2.67. The summed E-state index contributed by atoms with van der Waals surface area (Å²) in [5.41, 5.74) is -1.58. The second-order valence-corrected chi connectivity index (χ2v) is 16.2. The molecular formula is C33H58O5. The molecule has 220 valence electrons. The monoisotopic (exact) mass is 534 g/mol. The number of aliphatic hydroxyl groups is 3. The molecule has 0 amide bonds. The van der Waals surface area contributed by atoms with E-state index >= 15 is 0 Å². The topological polar surface area (TPSA) is 87.0 Å². The lowest BCUT2D eigenvalue weighted by atomic mass is 9.35. The van der Waals surface area contributed by atoms with Gasteiger partial charge in [0.15, 0.2) is 0 Å². The van der Waals surface area contributed by atoms with E-state index in [-0.39, 0.29) is 51.7 Å². The largest absolute Gasteiger partial charge is 0.462 e. The van der Waals surface area contributed by atoms with Crippen molar-refractivity contribution in [1.29, 1.82) is 0 Å². The van der Waals surface area contributed by atoms with Crippen molar-refractivity contribution in [3.05, 3.63) is 0 Å². The summed E-state index contributed by atoms with van der Waals surface area (Å²) in [4.78, 5) is 12.8. The average Bonchev–Trinajstić information content (AvgIpc) is 3.17. The highest BCUT2D eigenvalue weighted by atomic mass is 16.5. The molecule has 5 heteroatoms. The molecule has 0 unspecified atom stereocenters. The van der Waals surface area contributed by atoms with E-state index in [1.165, 1.54) is 0 Å². The van der Waals surface area contributed by atoms with E-state index in [9.17, 15) is 20.1 Å². The molecule has 0 heterocycles. The van der Waals surface area contributed by atoms with E-state index in [4.69, 9.17) is 4.74 Å². The van der Waals surface area contributed by atoms with Crippen molar-refractivity contribution in [2.45, 2.75) is 156 Å². The zero-order valence-corrected chi connectivity index (χ0v) is 25.9. The molecule has 0 aliphatic heterocycles. The van der Waals surface area contributed by atoms with Crippen LogP contribution in [0.2, 0.25) is 0 Å². The molecule has 4 fully saturated rings. The van der Waals surface area contributed by atoms with Gasteiger partial charge in [-0.25, -0.2) is 0 Å². The summed E-state index contributed by atoms with van der Waals surface area (Å²) in [6, 6.07) is 0. The fourth-order valence-corrected chi connectivity index (χ4v) is 10.8. The number of aliphatic hydroxyl groups excluding tert-OH is 1. The molecule has 0 aromatic rings. The standard InChI is InChI=1S/C33H58O5/c1-10-26(35)38-22-20-24-30(6)17-14-25(34)29(4,5)23(30)13-19-31(24,7)32(8)18-12-21(27(22)32)33(9,37)16-11-15-28(2,3)36/h21-25,27,34,36-37H,10-20H2,1-9H3/t21-,22+,23-,24+,25-,27-,30-,31+,32+,33+/m0/s1. The molecule has 5 nitrogen and oxygen atoms in total. The molecule has 10 atom stereocenters. The van der Waals surface area contributed by atoms with Crippen LogP contribution in [0.5, 0.6) is 0 Å². The Morgan fingerprint density at radius 3 is 2.13 bits per heavy atom. The quantitative estimate of drug-likeness (QED) is 0.318. The summed E-state index contributed by atoms with van der Waals surface area (Å²) in [5.74, 6) is 0.915. The summed E-state index contributed by atoms with van der Waals surface area (Å²) in [6.45, 7) is 19.5. The molecule has 0 aromatic carbocycles. The molecule has 4 saturated carbocycles. The van der Waals surface area contributed by atoms with Gasteiger partial charge in [0.2, 0.25) is 0 Å². The maximum Gasteiger partial charge on any atom is 0.305 e. The van der Waals surface area contributed by atoms with Crippen molar-refractivity contribution in [1.82, 2.24) is 0 Å². The van der Waals surface area contributed by atoms with Crippen LogP contribution in [0.3, 0.4) is 0 Å². The molecule has 4 aliphatic carbocycles. The van der Waals surface area contributed by atoms with Crippen molar-refractivity contribution < 1.29 is 24.9 Å². The minimum atomic E-state index is -0.869. The fourth-order valence-electron chi connectivity index (χ4n) is 10.8. The van der Waals surface area contributed by atoms with Gasteiger partial charge < -0.3 is 20.1 Å². The molecule has 0 saturated heterocycles. The molecule has 3 N–H and O–H groups in total. The first-order valence-electron chi connectivity index (χ1n) is 15.7. The highest BCUT2D eigenvalue weighted by molar-refractivity contribution is 5.69. The molecule has 0 bridgehead atoms. The first kappa shape index (κ1) is 30.3. The second kappa shape index (κ2) is 9.72. The van der Waals surface area contributed by atoms with Gasteiger partial charge in [-0.05, 0) is 124 Å². The van der Waals surface area contributed by atoms with Crippen LogP contribution >= 0.6 is 0 Å². The summed E-state index contributed by atoms with van der Waals surface area (Å²) < 4.78 is 6.36. The molecule has 0 spiro atoms. The first-order chi connectivity index (χ1) is 17.3. The van der Waals surface area contributed by atoms with Gasteiger partial charge in [-0.15, -0.1) is 0 Å². The molecule has 0 aromatic heterocycles. The lowest BCUT2D eigenvalue weighted by Gasteiger charge is -2.70. The van der Waals surface area contributed by atoms with Crippen LogP contribution < -0.4 is 0 Å². The second-order valence-electron chi connectivity index (χ2n) is 16.2. The summed E-state index contributed by atoms with van der Waals surface area (Å²) in [6.07, 6.45) is 8.96. The minimum absolute atomic E-state index is 0.0340. The van der Waals surface area contributed by atoms with E-state index in [0.717, 1.165) is 51.4 Å². The van der Waals surface area contributed by atoms with Gasteiger partial charge >= 0.3 is 5.97 Å². The Bertz CT molecular complexity index is 888. The average molecular weight is 535 g/mol. The van der Waals surface area contributed by atoms with Gasteiger partial charge in [-0.1, -0.05) is 41.5 Å². The Balaban J connectivity index is 1.72. The maximum absolute atomic E-state index is 12.8. The molecule has 4 rings (SSSR count). The first-order valence-corrected chi connectivity index (χ1v) is 15.7. The van der Waals surface area contributed by atoms with Crippen molar-refractivity contribution in [2.75, 3.05) is 0 Å². The smallest absolute Gasteiger partial charge is 0.305 e. The third kappa shape index (κ3) is 4.69. The summed E-state index contributed by atoms with van der Waals surface area (Å²) in [5, 5.41) is 33.2. The van der Waals surface area contributed by atoms with Crippen LogP contribution in [0.25, 0.3) is 0 Å². The van der Waals surface area contributed by atoms with Gasteiger partial charge in [-0.2, -0.15) is 0 Å². The fraction of sp³-hybridized carbons (Fsp3) is 0.970. The number of hydrogen-bond donors (Lipinski definition) is 3. The number of rotatable bonds is 7. The number of carbonyl (C=O) groups excluding carboxylic acids is 1. The minimum Gasteiger partial charge on any atom is -0.462 e. The van der Waals surface area contributed by atoms with Gasteiger partial charge in [0.1, 0.15) is 6.10 Å². The SMILES string of the molecule is CCC(=O)O[C@@H]1C[C@@H]2[C@@]3(C)CC[C@H](O)C(C)(C)[C@@H]3CC[C@@]2(C)[C@]2(C)CC[C@H]([C@](C)(O)CCCC(C)(C)O)[C@@H]12. The van der Waals surface area contributed by atoms with E-state index in [0.29, 0.717) is 31.1 Å². The number of carbonyl (C=O) groups is 1. The predicted octanol–water partition coefficient (Wildman–Crippen LogP) is 6.66. The van der Waals surface area contributed by atoms with E-state index < -0.39 is 11.2 Å². The van der Waals surface area contributed by atoms with Crippen molar-refractivity contribution in [2.24, 2.45) is 45.3 Å². The van der Waals surface area contributed by atoms with Crippen LogP contribution in [-0.2, 0) is 9.53 Å². The van der Waals surface area contributed by atoms with Crippen molar-refractivity contribution >= 4 is 5.97 Å². The maximum atomic E-state index is 12.8. The van der Waals surface area contributed by atoms with Crippen molar-refractivity contribution in [3.8, 4) is 0 Å². The van der Waals surface area contributed by atoms with Gasteiger partial charge in [0, 0.05) is 12.3 Å². The molecule has 4 aliphatic rings. The van der Waals surface area contributed by atoms with Crippen LogP contribution in [-0.4, -0.2) is 44.7 Å².